The minimum absolute atomic E-state index is 0.0169. The number of anilines is 1. The van der Waals surface area contributed by atoms with Crippen molar-refractivity contribution >= 4 is 34.1 Å². The van der Waals surface area contributed by atoms with Crippen LogP contribution in [0, 0.1) is 0 Å². The summed E-state index contributed by atoms with van der Waals surface area (Å²) in [6.45, 7) is 2.26. The minimum Gasteiger partial charge on any atom is -0.402 e. The van der Waals surface area contributed by atoms with Gasteiger partial charge in [-0.1, -0.05) is 24.3 Å². The van der Waals surface area contributed by atoms with Gasteiger partial charge in [-0.05, 0) is 24.6 Å². The molecule has 0 radical (unpaired) electrons. The van der Waals surface area contributed by atoms with Gasteiger partial charge in [0.25, 0.3) is 0 Å². The second-order valence-corrected chi connectivity index (χ2v) is 5.54. The fourth-order valence-corrected chi connectivity index (χ4v) is 3.47. The third-order valence-corrected chi connectivity index (χ3v) is 5.02. The maximum Gasteiger partial charge on any atom is 0.0782 e. The molecule has 1 aliphatic carbocycles. The topological polar surface area (TPSA) is 29.3 Å². The predicted octanol–water partition coefficient (Wildman–Crippen LogP) is 3.25. The Hall–Kier alpha value is -0.970. The largest absolute Gasteiger partial charge is 0.402 e. The van der Waals surface area contributed by atoms with Crippen molar-refractivity contribution in [3.8, 4) is 0 Å². The zero-order chi connectivity index (χ0) is 11.3. The number of nitrogens with zero attached hydrogens (tertiary/aromatic N) is 1. The fraction of sp³-hybridized carbons (Fsp3) is 0.231. The van der Waals surface area contributed by atoms with Crippen LogP contribution in [0.15, 0.2) is 42.1 Å². The Morgan fingerprint density at radius 2 is 2.06 bits per heavy atom. The molecule has 0 aromatic heterocycles. The van der Waals surface area contributed by atoms with Gasteiger partial charge in [-0.2, -0.15) is 0 Å². The summed E-state index contributed by atoms with van der Waals surface area (Å²) >= 11 is 2.39. The average Bonchev–Trinajstić information content (AvgIpc) is 2.49. The Labute approximate surface area is 109 Å². The summed E-state index contributed by atoms with van der Waals surface area (Å²) in [5.74, 6) is 0. The second kappa shape index (κ2) is 3.26. The minimum atomic E-state index is 0.0169. The standard InChI is InChI=1S/C13H13IN2/c1-13-8-9(15)6-7-11(13)10-4-2-3-5-12(10)16(13)14/h2-7H,8,15H2,1H3. The third-order valence-electron chi connectivity index (χ3n) is 3.43. The van der Waals surface area contributed by atoms with E-state index in [1.54, 1.807) is 0 Å². The summed E-state index contributed by atoms with van der Waals surface area (Å²) in [6, 6.07) is 8.54. The van der Waals surface area contributed by atoms with Crippen LogP contribution in [0.1, 0.15) is 18.9 Å². The summed E-state index contributed by atoms with van der Waals surface area (Å²) in [6.07, 6.45) is 5.09. The lowest BCUT2D eigenvalue weighted by Crippen LogP contribution is -2.39. The molecule has 0 saturated carbocycles. The van der Waals surface area contributed by atoms with Crippen molar-refractivity contribution in [1.82, 2.24) is 0 Å². The third kappa shape index (κ3) is 1.18. The fourth-order valence-electron chi connectivity index (χ4n) is 2.62. The van der Waals surface area contributed by atoms with E-state index in [4.69, 9.17) is 5.73 Å². The molecule has 2 nitrogen and oxygen atoms in total. The second-order valence-electron chi connectivity index (χ2n) is 4.57. The Morgan fingerprint density at radius 3 is 2.88 bits per heavy atom. The number of rotatable bonds is 0. The maximum atomic E-state index is 5.96. The normalized spacial score (nSPS) is 27.0. The van der Waals surface area contributed by atoms with Gasteiger partial charge < -0.3 is 8.85 Å². The van der Waals surface area contributed by atoms with E-state index < -0.39 is 0 Å². The molecule has 0 amide bonds. The van der Waals surface area contributed by atoms with Gasteiger partial charge in [-0.3, -0.25) is 0 Å². The van der Waals surface area contributed by atoms with Crippen LogP contribution in [0.2, 0.25) is 0 Å². The smallest absolute Gasteiger partial charge is 0.0782 e. The van der Waals surface area contributed by atoms with Crippen molar-refractivity contribution in [1.29, 1.82) is 0 Å². The number of nitrogens with two attached hydrogens (primary N) is 1. The maximum absolute atomic E-state index is 5.96. The van der Waals surface area contributed by atoms with E-state index in [-0.39, 0.29) is 5.54 Å². The highest BCUT2D eigenvalue weighted by Crippen LogP contribution is 2.52. The molecule has 0 bridgehead atoms. The van der Waals surface area contributed by atoms with Crippen LogP contribution in [0.25, 0.3) is 5.57 Å². The molecule has 16 heavy (non-hydrogen) atoms. The summed E-state index contributed by atoms with van der Waals surface area (Å²) in [5.41, 5.74) is 10.9. The van der Waals surface area contributed by atoms with Gasteiger partial charge in [0.05, 0.1) is 34.1 Å². The van der Waals surface area contributed by atoms with Crippen molar-refractivity contribution in [2.24, 2.45) is 5.73 Å². The van der Waals surface area contributed by atoms with Crippen LogP contribution in [0.5, 0.6) is 0 Å². The number of benzene rings is 1. The molecule has 1 unspecified atom stereocenters. The number of hydrogen-bond acceptors (Lipinski definition) is 2. The first-order chi connectivity index (χ1) is 7.63. The zero-order valence-electron chi connectivity index (χ0n) is 9.07. The molecule has 0 spiro atoms. The van der Waals surface area contributed by atoms with E-state index in [0.717, 1.165) is 12.1 Å². The first-order valence-corrected chi connectivity index (χ1v) is 6.31. The van der Waals surface area contributed by atoms with Crippen molar-refractivity contribution < 1.29 is 0 Å². The lowest BCUT2D eigenvalue weighted by Gasteiger charge is -2.35. The highest BCUT2D eigenvalue weighted by molar-refractivity contribution is 14.1. The van der Waals surface area contributed by atoms with Crippen molar-refractivity contribution in [2.75, 3.05) is 3.11 Å². The Kier molecular flexibility index (Phi) is 2.08. The van der Waals surface area contributed by atoms with E-state index in [1.807, 2.05) is 6.08 Å². The van der Waals surface area contributed by atoms with Crippen molar-refractivity contribution in [2.45, 2.75) is 18.9 Å². The molecule has 1 aromatic rings. The molecular weight excluding hydrogens is 311 g/mol. The molecule has 1 aliphatic heterocycles. The van der Waals surface area contributed by atoms with Crippen LogP contribution in [-0.2, 0) is 0 Å². The van der Waals surface area contributed by atoms with Gasteiger partial charge >= 0.3 is 0 Å². The molecular formula is C13H13IN2. The Balaban J connectivity index is 2.25. The zero-order valence-corrected chi connectivity index (χ0v) is 11.2. The van der Waals surface area contributed by atoms with Crippen LogP contribution in [0.3, 0.4) is 0 Å². The van der Waals surface area contributed by atoms with Gasteiger partial charge in [0, 0.05) is 17.7 Å². The number of hydrogen-bond donors (Lipinski definition) is 1. The molecule has 3 rings (SSSR count). The molecule has 82 valence electrons. The Morgan fingerprint density at radius 1 is 1.31 bits per heavy atom. The highest BCUT2D eigenvalue weighted by atomic mass is 127. The predicted molar refractivity (Wildman–Crippen MR) is 76.2 cm³/mol. The Bertz CT molecular complexity index is 518. The first kappa shape index (κ1) is 10.2. The molecule has 1 atom stereocenters. The quantitative estimate of drug-likeness (QED) is 0.586. The SMILES string of the molecule is CC12CC(N)=CC=C1c1ccccc1N2I. The molecule has 3 heteroatoms. The summed E-state index contributed by atoms with van der Waals surface area (Å²) in [7, 11) is 0. The van der Waals surface area contributed by atoms with Crippen LogP contribution >= 0.6 is 22.9 Å². The van der Waals surface area contributed by atoms with E-state index in [1.165, 1.54) is 16.8 Å². The number of fused-ring (bicyclic) bond motifs is 3. The van der Waals surface area contributed by atoms with Gasteiger partial charge in [0.1, 0.15) is 0 Å². The van der Waals surface area contributed by atoms with Crippen LogP contribution in [0.4, 0.5) is 5.69 Å². The average molecular weight is 324 g/mol. The number of halogens is 1. The van der Waals surface area contributed by atoms with Crippen LogP contribution < -0.4 is 8.85 Å². The lowest BCUT2D eigenvalue weighted by atomic mass is 9.83. The van der Waals surface area contributed by atoms with Gasteiger partial charge in [0.2, 0.25) is 0 Å². The lowest BCUT2D eigenvalue weighted by molar-refractivity contribution is 0.623. The van der Waals surface area contributed by atoms with Crippen molar-refractivity contribution in [3.63, 3.8) is 0 Å². The van der Waals surface area contributed by atoms with E-state index in [0.29, 0.717) is 0 Å². The molecule has 0 fully saturated rings. The molecule has 2 N–H and O–H groups in total. The van der Waals surface area contributed by atoms with Crippen LogP contribution in [-0.4, -0.2) is 5.54 Å². The molecule has 0 saturated heterocycles. The molecule has 1 aromatic carbocycles. The summed E-state index contributed by atoms with van der Waals surface area (Å²) < 4.78 is 2.31. The van der Waals surface area contributed by atoms with E-state index in [2.05, 4.69) is 63.2 Å². The van der Waals surface area contributed by atoms with E-state index in [9.17, 15) is 0 Å². The van der Waals surface area contributed by atoms with Crippen molar-refractivity contribution in [3.05, 3.63) is 47.7 Å². The van der Waals surface area contributed by atoms with Gasteiger partial charge in [-0.25, -0.2) is 0 Å². The summed E-state index contributed by atoms with van der Waals surface area (Å²) in [5, 5.41) is 0. The van der Waals surface area contributed by atoms with Gasteiger partial charge in [0.15, 0.2) is 0 Å². The van der Waals surface area contributed by atoms with Gasteiger partial charge in [-0.15, -0.1) is 0 Å². The molecule has 2 aliphatic rings. The first-order valence-electron chi connectivity index (χ1n) is 5.35. The molecule has 1 heterocycles. The monoisotopic (exact) mass is 324 g/mol. The highest BCUT2D eigenvalue weighted by Gasteiger charge is 2.44. The summed E-state index contributed by atoms with van der Waals surface area (Å²) in [4.78, 5) is 0. The van der Waals surface area contributed by atoms with E-state index >= 15 is 0 Å². The number of para-hydroxylation sites is 1. The number of allylic oxidation sites excluding steroid dienone is 2.